The minimum atomic E-state index is -0.363. The van der Waals surface area contributed by atoms with Crippen molar-refractivity contribution >= 4 is 23.4 Å². The highest BCUT2D eigenvalue weighted by molar-refractivity contribution is 6.30. The summed E-state index contributed by atoms with van der Waals surface area (Å²) in [6.07, 6.45) is 1.31. The van der Waals surface area contributed by atoms with E-state index in [1.165, 1.54) is 6.07 Å². The van der Waals surface area contributed by atoms with Crippen LogP contribution in [0.1, 0.15) is 40.4 Å². The van der Waals surface area contributed by atoms with Crippen molar-refractivity contribution in [1.82, 2.24) is 10.2 Å². The molecule has 1 N–H and O–H groups in total. The van der Waals surface area contributed by atoms with Crippen molar-refractivity contribution < 1.29 is 14.0 Å². The number of piperidine rings is 1. The van der Waals surface area contributed by atoms with Gasteiger partial charge in [-0.3, -0.25) is 9.59 Å². The first kappa shape index (κ1) is 22.0. The minimum Gasteiger partial charge on any atom is -0.352 e. The fourth-order valence-electron chi connectivity index (χ4n) is 4.16. The molecule has 0 bridgehead atoms. The van der Waals surface area contributed by atoms with Gasteiger partial charge in [-0.15, -0.1) is 0 Å². The van der Waals surface area contributed by atoms with Crippen LogP contribution in [0.3, 0.4) is 0 Å². The highest BCUT2D eigenvalue weighted by Gasteiger charge is 2.35. The van der Waals surface area contributed by atoms with Crippen LogP contribution in [0.4, 0.5) is 4.39 Å². The van der Waals surface area contributed by atoms with E-state index in [9.17, 15) is 14.0 Å². The molecule has 1 heterocycles. The van der Waals surface area contributed by atoms with E-state index in [1.807, 2.05) is 30.3 Å². The van der Waals surface area contributed by atoms with Gasteiger partial charge in [0, 0.05) is 29.2 Å². The second-order valence-electron chi connectivity index (χ2n) is 7.97. The molecule has 0 saturated carbocycles. The third-order valence-corrected chi connectivity index (χ3v) is 6.15. The number of carbonyl (C=O) groups is 2. The molecule has 3 aromatic rings. The van der Waals surface area contributed by atoms with Crippen LogP contribution in [0, 0.1) is 11.7 Å². The molecule has 6 heteroatoms. The Labute approximate surface area is 192 Å². The lowest BCUT2D eigenvalue weighted by Crippen LogP contribution is -2.46. The van der Waals surface area contributed by atoms with Gasteiger partial charge in [0.2, 0.25) is 5.91 Å². The van der Waals surface area contributed by atoms with Crippen LogP contribution >= 0.6 is 11.6 Å². The predicted octanol–water partition coefficient (Wildman–Crippen LogP) is 5.39. The zero-order valence-corrected chi connectivity index (χ0v) is 18.3. The van der Waals surface area contributed by atoms with Crippen LogP contribution < -0.4 is 5.32 Å². The number of carbonyl (C=O) groups excluding carboxylic acids is 2. The fraction of sp³-hybridized carbons (Fsp3) is 0.231. The van der Waals surface area contributed by atoms with E-state index >= 15 is 0 Å². The molecule has 1 aliphatic rings. The van der Waals surface area contributed by atoms with Crippen LogP contribution in [0.5, 0.6) is 0 Å². The number of hydrogen-bond donors (Lipinski definition) is 1. The van der Waals surface area contributed by atoms with Crippen molar-refractivity contribution in [3.05, 3.63) is 106 Å². The normalized spacial score (nSPS) is 18.2. The molecule has 2 amide bonds. The molecule has 1 fully saturated rings. The zero-order chi connectivity index (χ0) is 22.5. The number of hydrogen-bond acceptors (Lipinski definition) is 2. The molecule has 0 aliphatic carbocycles. The maximum absolute atomic E-state index is 13.9. The number of halogens is 2. The summed E-state index contributed by atoms with van der Waals surface area (Å²) in [6, 6.07) is 22.9. The molecule has 0 unspecified atom stereocenters. The lowest BCUT2D eigenvalue weighted by Gasteiger charge is -2.39. The van der Waals surface area contributed by atoms with E-state index in [2.05, 4.69) is 5.32 Å². The lowest BCUT2D eigenvalue weighted by atomic mass is 9.87. The molecule has 1 saturated heterocycles. The summed E-state index contributed by atoms with van der Waals surface area (Å²) < 4.78 is 13.9. The molecule has 4 nitrogen and oxygen atoms in total. The quantitative estimate of drug-likeness (QED) is 0.566. The van der Waals surface area contributed by atoms with E-state index in [1.54, 1.807) is 47.4 Å². The van der Waals surface area contributed by atoms with Crippen LogP contribution in [0.2, 0.25) is 5.02 Å². The van der Waals surface area contributed by atoms with Crippen molar-refractivity contribution in [2.75, 3.05) is 6.54 Å². The minimum absolute atomic E-state index is 0.116. The molecular weight excluding hydrogens is 427 g/mol. The van der Waals surface area contributed by atoms with Crippen molar-refractivity contribution in [2.24, 2.45) is 5.92 Å². The Balaban J connectivity index is 1.52. The highest BCUT2D eigenvalue weighted by Crippen LogP contribution is 2.34. The molecule has 0 radical (unpaired) electrons. The SMILES string of the molecule is O=C(NCc1ccccc1F)[C@@H]1CC[C@@H](c2ccccc2)N(C(=O)c2ccc(Cl)cc2)C1. The van der Waals surface area contributed by atoms with Gasteiger partial charge in [0.25, 0.3) is 5.91 Å². The summed E-state index contributed by atoms with van der Waals surface area (Å²) in [5, 5.41) is 3.40. The summed E-state index contributed by atoms with van der Waals surface area (Å²) >= 11 is 5.98. The molecule has 4 rings (SSSR count). The van der Waals surface area contributed by atoms with E-state index in [4.69, 9.17) is 11.6 Å². The van der Waals surface area contributed by atoms with Crippen LogP contribution in [0.15, 0.2) is 78.9 Å². The van der Waals surface area contributed by atoms with Gasteiger partial charge in [-0.05, 0) is 48.7 Å². The van der Waals surface area contributed by atoms with Gasteiger partial charge in [0.1, 0.15) is 5.82 Å². The Hall–Kier alpha value is -3.18. The fourth-order valence-corrected chi connectivity index (χ4v) is 4.28. The first-order valence-electron chi connectivity index (χ1n) is 10.7. The van der Waals surface area contributed by atoms with Crippen molar-refractivity contribution in [3.8, 4) is 0 Å². The second-order valence-corrected chi connectivity index (χ2v) is 8.41. The smallest absolute Gasteiger partial charge is 0.254 e. The van der Waals surface area contributed by atoms with E-state index in [0.29, 0.717) is 35.5 Å². The monoisotopic (exact) mass is 450 g/mol. The zero-order valence-electron chi connectivity index (χ0n) is 17.5. The topological polar surface area (TPSA) is 49.4 Å². The number of nitrogens with one attached hydrogen (secondary N) is 1. The predicted molar refractivity (Wildman–Crippen MR) is 123 cm³/mol. The summed E-state index contributed by atoms with van der Waals surface area (Å²) in [4.78, 5) is 28.0. The highest BCUT2D eigenvalue weighted by atomic mass is 35.5. The van der Waals surface area contributed by atoms with Gasteiger partial charge in [-0.2, -0.15) is 0 Å². The average molecular weight is 451 g/mol. The van der Waals surface area contributed by atoms with E-state index in [0.717, 1.165) is 5.56 Å². The third kappa shape index (κ3) is 5.00. The summed E-state index contributed by atoms with van der Waals surface area (Å²) in [5.41, 5.74) is 2.01. The summed E-state index contributed by atoms with van der Waals surface area (Å²) in [7, 11) is 0. The summed E-state index contributed by atoms with van der Waals surface area (Å²) in [6.45, 7) is 0.416. The van der Waals surface area contributed by atoms with Crippen LogP contribution in [0.25, 0.3) is 0 Å². The van der Waals surface area contributed by atoms with Crippen LogP contribution in [-0.4, -0.2) is 23.3 Å². The van der Waals surface area contributed by atoms with Gasteiger partial charge >= 0.3 is 0 Å². The molecule has 0 aromatic heterocycles. The third-order valence-electron chi connectivity index (χ3n) is 5.90. The van der Waals surface area contributed by atoms with Crippen LogP contribution in [-0.2, 0) is 11.3 Å². The molecule has 32 heavy (non-hydrogen) atoms. The molecule has 1 aliphatic heterocycles. The van der Waals surface area contributed by atoms with Gasteiger partial charge in [0.05, 0.1) is 12.0 Å². The molecular formula is C26H24ClFN2O2. The lowest BCUT2D eigenvalue weighted by molar-refractivity contribution is -0.127. The number of amides is 2. The number of likely N-dealkylation sites (tertiary alicyclic amines) is 1. The molecule has 3 aromatic carbocycles. The van der Waals surface area contributed by atoms with Crippen molar-refractivity contribution in [3.63, 3.8) is 0 Å². The molecule has 0 spiro atoms. The Bertz CT molecular complexity index is 1090. The Kier molecular flexibility index (Phi) is 6.86. The van der Waals surface area contributed by atoms with Crippen molar-refractivity contribution in [2.45, 2.75) is 25.4 Å². The first-order valence-corrected chi connectivity index (χ1v) is 11.0. The number of benzene rings is 3. The van der Waals surface area contributed by atoms with Gasteiger partial charge in [-0.25, -0.2) is 4.39 Å². The van der Waals surface area contributed by atoms with Gasteiger partial charge in [-0.1, -0.05) is 60.1 Å². The Morgan fingerprint density at radius 3 is 2.34 bits per heavy atom. The molecule has 164 valence electrons. The Morgan fingerprint density at radius 2 is 1.62 bits per heavy atom. The second kappa shape index (κ2) is 9.96. The van der Waals surface area contributed by atoms with E-state index < -0.39 is 0 Å². The van der Waals surface area contributed by atoms with E-state index in [-0.39, 0.29) is 36.1 Å². The largest absolute Gasteiger partial charge is 0.352 e. The van der Waals surface area contributed by atoms with Gasteiger partial charge in [0.15, 0.2) is 0 Å². The van der Waals surface area contributed by atoms with Gasteiger partial charge < -0.3 is 10.2 Å². The first-order chi connectivity index (χ1) is 15.5. The number of nitrogens with zero attached hydrogens (tertiary/aromatic N) is 1. The van der Waals surface area contributed by atoms with Crippen molar-refractivity contribution in [1.29, 1.82) is 0 Å². The Morgan fingerprint density at radius 1 is 0.938 bits per heavy atom. The summed E-state index contributed by atoms with van der Waals surface area (Å²) in [5.74, 6) is -1.02. The number of rotatable bonds is 5. The maximum atomic E-state index is 13.9. The average Bonchev–Trinajstić information content (AvgIpc) is 2.83. The maximum Gasteiger partial charge on any atom is 0.254 e. The standard InChI is InChI=1S/C26H24ClFN2O2/c27-22-13-10-19(11-14-22)26(32)30-17-21(12-15-24(30)18-6-2-1-3-7-18)25(31)29-16-20-8-4-5-9-23(20)28/h1-11,13-14,21,24H,12,15-17H2,(H,29,31)/t21-,24+/m1/s1. The molecule has 2 atom stereocenters.